The number of methoxy groups -OCH3 is 1. The van der Waals surface area contributed by atoms with Gasteiger partial charge < -0.3 is 20.1 Å². The van der Waals surface area contributed by atoms with Crippen molar-refractivity contribution in [3.05, 3.63) is 22.7 Å². The van der Waals surface area contributed by atoms with Gasteiger partial charge in [0, 0.05) is 32.6 Å². The first-order valence-corrected chi connectivity index (χ1v) is 7.04. The first-order valence-electron chi connectivity index (χ1n) is 6.66. The quantitative estimate of drug-likeness (QED) is 0.882. The summed E-state index contributed by atoms with van der Waals surface area (Å²) >= 11 is 6.08. The maximum atomic E-state index is 12.1. The minimum atomic E-state index is -0.0683. The molecule has 1 fully saturated rings. The van der Waals surface area contributed by atoms with Gasteiger partial charge in [0.2, 0.25) is 5.91 Å². The maximum Gasteiger partial charge on any atom is 0.222 e. The zero-order valence-electron chi connectivity index (χ0n) is 11.5. The molecular weight excluding hydrogens is 280 g/mol. The van der Waals surface area contributed by atoms with Gasteiger partial charge in [-0.25, -0.2) is 0 Å². The fraction of sp³-hybridized carbons (Fsp3) is 0.500. The minimum absolute atomic E-state index is 0.0683. The molecule has 1 aliphatic rings. The Balaban J connectivity index is 1.96. The molecule has 2 rings (SSSR count). The third kappa shape index (κ3) is 3.35. The summed E-state index contributed by atoms with van der Waals surface area (Å²) in [5, 5.41) is 13.3. The first kappa shape index (κ1) is 14.9. The monoisotopic (exact) mass is 298 g/mol. The summed E-state index contributed by atoms with van der Waals surface area (Å²) in [5.74, 6) is 0.395. The van der Waals surface area contributed by atoms with E-state index in [1.165, 1.54) is 7.11 Å². The van der Waals surface area contributed by atoms with Crippen LogP contribution in [0.5, 0.6) is 11.5 Å². The van der Waals surface area contributed by atoms with E-state index in [2.05, 4.69) is 5.32 Å². The molecule has 0 unspecified atom stereocenters. The molecule has 5 nitrogen and oxygen atoms in total. The molecule has 0 spiro atoms. The van der Waals surface area contributed by atoms with E-state index in [0.29, 0.717) is 18.6 Å². The van der Waals surface area contributed by atoms with Gasteiger partial charge in [0.15, 0.2) is 11.5 Å². The minimum Gasteiger partial charge on any atom is -0.503 e. The van der Waals surface area contributed by atoms with Crippen LogP contribution in [0.4, 0.5) is 0 Å². The Hall–Kier alpha value is -1.46. The largest absolute Gasteiger partial charge is 0.503 e. The number of carbonyl (C=O) groups excluding carboxylic acids is 1. The van der Waals surface area contributed by atoms with Crippen molar-refractivity contribution in [3.63, 3.8) is 0 Å². The second kappa shape index (κ2) is 6.81. The Morgan fingerprint density at radius 2 is 2.15 bits per heavy atom. The van der Waals surface area contributed by atoms with Gasteiger partial charge in [0.05, 0.1) is 12.1 Å². The second-order valence-electron chi connectivity index (χ2n) is 4.72. The third-order valence-electron chi connectivity index (χ3n) is 3.46. The SMILES string of the molecule is COc1ccc(CCC(=O)N2CCNCC2)c(Cl)c1O. The van der Waals surface area contributed by atoms with Crippen molar-refractivity contribution < 1.29 is 14.6 Å². The molecule has 0 bridgehead atoms. The number of nitrogens with one attached hydrogen (secondary N) is 1. The topological polar surface area (TPSA) is 61.8 Å². The molecule has 1 aromatic carbocycles. The number of phenolic OH excluding ortho intramolecular Hbond substituents is 1. The number of aryl methyl sites for hydroxylation is 1. The predicted octanol–water partition coefficient (Wildman–Crippen LogP) is 1.42. The summed E-state index contributed by atoms with van der Waals surface area (Å²) in [4.78, 5) is 13.9. The van der Waals surface area contributed by atoms with Gasteiger partial charge in [-0.05, 0) is 18.1 Å². The van der Waals surface area contributed by atoms with Gasteiger partial charge in [0.25, 0.3) is 0 Å². The average Bonchev–Trinajstić information content (AvgIpc) is 2.49. The van der Waals surface area contributed by atoms with Crippen LogP contribution in [-0.2, 0) is 11.2 Å². The zero-order valence-corrected chi connectivity index (χ0v) is 12.2. The summed E-state index contributed by atoms with van der Waals surface area (Å²) < 4.78 is 4.99. The summed E-state index contributed by atoms with van der Waals surface area (Å²) in [5.41, 5.74) is 0.758. The van der Waals surface area contributed by atoms with Crippen molar-refractivity contribution in [3.8, 4) is 11.5 Å². The number of carbonyl (C=O) groups is 1. The van der Waals surface area contributed by atoms with Crippen LogP contribution in [0.25, 0.3) is 0 Å². The second-order valence-corrected chi connectivity index (χ2v) is 5.10. The highest BCUT2D eigenvalue weighted by Crippen LogP contribution is 2.36. The number of rotatable bonds is 4. The highest BCUT2D eigenvalue weighted by molar-refractivity contribution is 6.33. The molecular formula is C14H19ClN2O3. The number of nitrogens with zero attached hydrogens (tertiary/aromatic N) is 1. The van der Waals surface area contributed by atoms with Crippen molar-refractivity contribution in [2.75, 3.05) is 33.3 Å². The van der Waals surface area contributed by atoms with E-state index in [0.717, 1.165) is 31.7 Å². The summed E-state index contributed by atoms with van der Waals surface area (Å²) in [6.07, 6.45) is 0.907. The van der Waals surface area contributed by atoms with E-state index in [9.17, 15) is 9.90 Å². The molecule has 1 aromatic rings. The number of hydrogen-bond donors (Lipinski definition) is 2. The number of amides is 1. The summed E-state index contributed by atoms with van der Waals surface area (Å²) in [6, 6.07) is 3.44. The van der Waals surface area contributed by atoms with Gasteiger partial charge in [0.1, 0.15) is 0 Å². The predicted molar refractivity (Wildman–Crippen MR) is 77.4 cm³/mol. The number of benzene rings is 1. The van der Waals surface area contributed by atoms with Crippen LogP contribution >= 0.6 is 11.6 Å². The number of hydrogen-bond acceptors (Lipinski definition) is 4. The Bertz CT molecular complexity index is 488. The van der Waals surface area contributed by atoms with Crippen molar-refractivity contribution >= 4 is 17.5 Å². The van der Waals surface area contributed by atoms with Crippen LogP contribution in [0.15, 0.2) is 12.1 Å². The van der Waals surface area contributed by atoms with Gasteiger partial charge >= 0.3 is 0 Å². The van der Waals surface area contributed by atoms with Crippen LogP contribution in [-0.4, -0.2) is 49.2 Å². The highest BCUT2D eigenvalue weighted by atomic mass is 35.5. The van der Waals surface area contributed by atoms with E-state index >= 15 is 0 Å². The molecule has 0 saturated carbocycles. The molecule has 0 radical (unpaired) electrons. The molecule has 1 saturated heterocycles. The van der Waals surface area contributed by atoms with E-state index in [4.69, 9.17) is 16.3 Å². The van der Waals surface area contributed by atoms with Crippen molar-refractivity contribution in [2.45, 2.75) is 12.8 Å². The number of halogens is 1. The number of ether oxygens (including phenoxy) is 1. The highest BCUT2D eigenvalue weighted by Gasteiger charge is 2.17. The standard InChI is InChI=1S/C14H19ClN2O3/c1-20-11-4-2-10(13(15)14(11)19)3-5-12(18)17-8-6-16-7-9-17/h2,4,16,19H,3,5-9H2,1H3. The van der Waals surface area contributed by atoms with Gasteiger partial charge in [-0.1, -0.05) is 17.7 Å². The van der Waals surface area contributed by atoms with Crippen LogP contribution in [0.1, 0.15) is 12.0 Å². The maximum absolute atomic E-state index is 12.1. The lowest BCUT2D eigenvalue weighted by Gasteiger charge is -2.27. The lowest BCUT2D eigenvalue weighted by atomic mass is 10.1. The molecule has 0 atom stereocenters. The van der Waals surface area contributed by atoms with Gasteiger partial charge in [-0.15, -0.1) is 0 Å². The number of piperazine rings is 1. The summed E-state index contributed by atoms with van der Waals surface area (Å²) in [6.45, 7) is 3.19. The van der Waals surface area contributed by atoms with Crippen molar-refractivity contribution in [1.29, 1.82) is 0 Å². The van der Waals surface area contributed by atoms with Crippen molar-refractivity contribution in [1.82, 2.24) is 10.2 Å². The van der Waals surface area contributed by atoms with E-state index < -0.39 is 0 Å². The fourth-order valence-corrected chi connectivity index (χ4v) is 2.51. The molecule has 6 heteroatoms. The first-order chi connectivity index (χ1) is 9.63. The van der Waals surface area contributed by atoms with E-state index in [1.54, 1.807) is 12.1 Å². The fourth-order valence-electron chi connectivity index (χ4n) is 2.26. The normalized spacial score (nSPS) is 15.2. The van der Waals surface area contributed by atoms with Crippen LogP contribution < -0.4 is 10.1 Å². The molecule has 1 heterocycles. The van der Waals surface area contributed by atoms with Crippen molar-refractivity contribution in [2.24, 2.45) is 0 Å². The lowest BCUT2D eigenvalue weighted by Crippen LogP contribution is -2.46. The van der Waals surface area contributed by atoms with E-state index in [-0.39, 0.29) is 16.7 Å². The number of aromatic hydroxyl groups is 1. The third-order valence-corrected chi connectivity index (χ3v) is 3.88. The molecule has 0 aliphatic carbocycles. The molecule has 110 valence electrons. The molecule has 1 aliphatic heterocycles. The molecule has 2 N–H and O–H groups in total. The summed E-state index contributed by atoms with van der Waals surface area (Å²) in [7, 11) is 1.47. The van der Waals surface area contributed by atoms with Crippen LogP contribution in [0, 0.1) is 0 Å². The number of phenols is 1. The van der Waals surface area contributed by atoms with E-state index in [1.807, 2.05) is 4.90 Å². The van der Waals surface area contributed by atoms with Gasteiger partial charge in [-0.2, -0.15) is 0 Å². The Kier molecular flexibility index (Phi) is 5.09. The van der Waals surface area contributed by atoms with Gasteiger partial charge in [-0.3, -0.25) is 4.79 Å². The van der Waals surface area contributed by atoms with Crippen LogP contribution in [0.3, 0.4) is 0 Å². The average molecular weight is 299 g/mol. The Labute approximate surface area is 123 Å². The Morgan fingerprint density at radius 1 is 1.45 bits per heavy atom. The lowest BCUT2D eigenvalue weighted by molar-refractivity contribution is -0.131. The smallest absolute Gasteiger partial charge is 0.222 e. The Morgan fingerprint density at radius 3 is 2.80 bits per heavy atom. The zero-order chi connectivity index (χ0) is 14.5. The molecule has 0 aromatic heterocycles. The van der Waals surface area contributed by atoms with Crippen LogP contribution in [0.2, 0.25) is 5.02 Å². The molecule has 1 amide bonds. The molecule has 20 heavy (non-hydrogen) atoms.